The molecule has 0 aliphatic heterocycles. The van der Waals surface area contributed by atoms with E-state index in [2.05, 4.69) is 15.3 Å². The van der Waals surface area contributed by atoms with E-state index in [0.29, 0.717) is 11.0 Å². The van der Waals surface area contributed by atoms with Gasteiger partial charge in [-0.3, -0.25) is 14.8 Å². The number of hydrogen-bond donors (Lipinski definition) is 2. The Morgan fingerprint density at radius 1 is 1.32 bits per heavy atom. The average Bonchev–Trinajstić information content (AvgIpc) is 2.44. The first kappa shape index (κ1) is 13.3. The van der Waals surface area contributed by atoms with Crippen molar-refractivity contribution in [3.05, 3.63) is 36.2 Å². The molecule has 0 spiro atoms. The Labute approximate surface area is 107 Å². The van der Waals surface area contributed by atoms with E-state index in [9.17, 15) is 13.6 Å². The van der Waals surface area contributed by atoms with Crippen molar-refractivity contribution in [3.8, 4) is 0 Å². The van der Waals surface area contributed by atoms with Crippen LogP contribution in [0.2, 0.25) is 0 Å². The van der Waals surface area contributed by atoms with Crippen LogP contribution in [0.1, 0.15) is 10.4 Å². The molecule has 2 aromatic rings. The molecule has 7 heteroatoms. The van der Waals surface area contributed by atoms with Crippen LogP contribution in [-0.4, -0.2) is 34.9 Å². The standard InChI is InChI=1S/C12H12F2N4O/c13-12(14,6-15)7-18-11(19)8-2-1-3-9-10(8)17-5-4-16-9/h1-5H,6-7,15H2,(H,18,19). The summed E-state index contributed by atoms with van der Waals surface area (Å²) in [6, 6.07) is 4.81. The van der Waals surface area contributed by atoms with E-state index in [1.54, 1.807) is 12.1 Å². The molecular weight excluding hydrogens is 254 g/mol. The first-order chi connectivity index (χ1) is 9.03. The number of carbonyl (C=O) groups is 1. The van der Waals surface area contributed by atoms with E-state index < -0.39 is 24.9 Å². The summed E-state index contributed by atoms with van der Waals surface area (Å²) in [5.41, 5.74) is 6.01. The molecule has 0 atom stereocenters. The third kappa shape index (κ3) is 3.00. The SMILES string of the molecule is NCC(F)(F)CNC(=O)c1cccc2nccnc12. The Morgan fingerprint density at radius 3 is 2.79 bits per heavy atom. The maximum atomic E-state index is 13.0. The van der Waals surface area contributed by atoms with Gasteiger partial charge in [0.1, 0.15) is 5.52 Å². The Kier molecular flexibility index (Phi) is 3.66. The molecule has 0 aliphatic carbocycles. The van der Waals surface area contributed by atoms with E-state index in [0.717, 1.165) is 0 Å². The van der Waals surface area contributed by atoms with E-state index >= 15 is 0 Å². The minimum Gasteiger partial charge on any atom is -0.346 e. The summed E-state index contributed by atoms with van der Waals surface area (Å²) in [5, 5.41) is 2.15. The summed E-state index contributed by atoms with van der Waals surface area (Å²) in [4.78, 5) is 19.9. The fraction of sp³-hybridized carbons (Fsp3) is 0.250. The lowest BCUT2D eigenvalue weighted by molar-refractivity contribution is 0.0119. The topological polar surface area (TPSA) is 80.9 Å². The highest BCUT2D eigenvalue weighted by molar-refractivity contribution is 6.04. The van der Waals surface area contributed by atoms with Crippen LogP contribution < -0.4 is 11.1 Å². The summed E-state index contributed by atoms with van der Waals surface area (Å²) >= 11 is 0. The molecule has 0 bridgehead atoms. The Hall–Kier alpha value is -2.15. The molecule has 100 valence electrons. The Bertz CT molecular complexity index is 598. The molecule has 1 heterocycles. The van der Waals surface area contributed by atoms with Gasteiger partial charge in [0.25, 0.3) is 11.8 Å². The van der Waals surface area contributed by atoms with Crippen molar-refractivity contribution < 1.29 is 13.6 Å². The second kappa shape index (κ2) is 5.23. The third-order valence-corrected chi connectivity index (χ3v) is 2.55. The van der Waals surface area contributed by atoms with Gasteiger partial charge in [0.05, 0.1) is 24.2 Å². The van der Waals surface area contributed by atoms with Gasteiger partial charge >= 0.3 is 0 Å². The fourth-order valence-electron chi connectivity index (χ4n) is 1.55. The van der Waals surface area contributed by atoms with Crippen LogP contribution in [0.5, 0.6) is 0 Å². The molecule has 0 radical (unpaired) electrons. The average molecular weight is 266 g/mol. The summed E-state index contributed by atoms with van der Waals surface area (Å²) < 4.78 is 26.0. The van der Waals surface area contributed by atoms with Crippen LogP contribution in [0.3, 0.4) is 0 Å². The van der Waals surface area contributed by atoms with Gasteiger partial charge in [-0.25, -0.2) is 8.78 Å². The normalized spacial score (nSPS) is 11.5. The molecule has 1 amide bonds. The third-order valence-electron chi connectivity index (χ3n) is 2.55. The van der Waals surface area contributed by atoms with Crippen LogP contribution in [-0.2, 0) is 0 Å². The van der Waals surface area contributed by atoms with Crippen molar-refractivity contribution in [1.29, 1.82) is 0 Å². The highest BCUT2D eigenvalue weighted by Crippen LogP contribution is 2.14. The monoisotopic (exact) mass is 266 g/mol. The Balaban J connectivity index is 2.23. The zero-order valence-electron chi connectivity index (χ0n) is 9.94. The molecule has 0 aliphatic rings. The molecule has 2 rings (SSSR count). The lowest BCUT2D eigenvalue weighted by Gasteiger charge is -2.14. The lowest BCUT2D eigenvalue weighted by Crippen LogP contribution is -2.41. The van der Waals surface area contributed by atoms with Crippen molar-refractivity contribution in [2.24, 2.45) is 5.73 Å². The minimum absolute atomic E-state index is 0.207. The highest BCUT2D eigenvalue weighted by atomic mass is 19.3. The lowest BCUT2D eigenvalue weighted by atomic mass is 10.1. The van der Waals surface area contributed by atoms with E-state index in [-0.39, 0.29) is 5.56 Å². The van der Waals surface area contributed by atoms with E-state index in [1.807, 2.05) is 0 Å². The van der Waals surface area contributed by atoms with Crippen LogP contribution in [0.15, 0.2) is 30.6 Å². The number of amides is 1. The number of para-hydroxylation sites is 1. The van der Waals surface area contributed by atoms with Crippen molar-refractivity contribution in [1.82, 2.24) is 15.3 Å². The van der Waals surface area contributed by atoms with Gasteiger partial charge in [-0.2, -0.15) is 0 Å². The molecule has 1 aromatic heterocycles. The summed E-state index contributed by atoms with van der Waals surface area (Å²) in [6.45, 7) is -1.62. The number of fused-ring (bicyclic) bond motifs is 1. The number of nitrogens with zero attached hydrogens (tertiary/aromatic N) is 2. The molecule has 19 heavy (non-hydrogen) atoms. The maximum absolute atomic E-state index is 13.0. The summed E-state index contributed by atoms with van der Waals surface area (Å²) in [7, 11) is 0. The molecule has 0 saturated heterocycles. The number of benzene rings is 1. The number of carbonyl (C=O) groups excluding carboxylic acids is 1. The molecule has 0 fully saturated rings. The number of alkyl halides is 2. The van der Waals surface area contributed by atoms with Crippen LogP contribution in [0.25, 0.3) is 11.0 Å². The zero-order valence-corrected chi connectivity index (χ0v) is 9.94. The van der Waals surface area contributed by atoms with Gasteiger partial charge < -0.3 is 11.1 Å². The maximum Gasteiger partial charge on any atom is 0.277 e. The fourth-order valence-corrected chi connectivity index (χ4v) is 1.55. The molecule has 1 aromatic carbocycles. The minimum atomic E-state index is -3.12. The van der Waals surface area contributed by atoms with Crippen molar-refractivity contribution in [2.45, 2.75) is 5.92 Å². The predicted molar refractivity (Wildman–Crippen MR) is 65.9 cm³/mol. The number of hydrogen-bond acceptors (Lipinski definition) is 4. The highest BCUT2D eigenvalue weighted by Gasteiger charge is 2.27. The van der Waals surface area contributed by atoms with Gasteiger partial charge in [0.15, 0.2) is 0 Å². The number of rotatable bonds is 4. The number of aromatic nitrogens is 2. The molecule has 3 N–H and O–H groups in total. The quantitative estimate of drug-likeness (QED) is 0.863. The summed E-state index contributed by atoms with van der Waals surface area (Å²) in [5.74, 6) is -3.74. The zero-order chi connectivity index (χ0) is 13.9. The van der Waals surface area contributed by atoms with Crippen molar-refractivity contribution in [3.63, 3.8) is 0 Å². The van der Waals surface area contributed by atoms with E-state index in [1.165, 1.54) is 18.5 Å². The number of halogens is 2. The Morgan fingerprint density at radius 2 is 2.05 bits per heavy atom. The second-order valence-corrected chi connectivity index (χ2v) is 3.97. The first-order valence-electron chi connectivity index (χ1n) is 5.59. The van der Waals surface area contributed by atoms with Gasteiger partial charge in [-0.1, -0.05) is 6.07 Å². The molecular formula is C12H12F2N4O. The molecule has 0 unspecified atom stereocenters. The second-order valence-electron chi connectivity index (χ2n) is 3.97. The molecule has 0 saturated carbocycles. The molecule has 5 nitrogen and oxygen atoms in total. The first-order valence-corrected chi connectivity index (χ1v) is 5.59. The van der Waals surface area contributed by atoms with Crippen LogP contribution in [0.4, 0.5) is 8.78 Å². The van der Waals surface area contributed by atoms with E-state index in [4.69, 9.17) is 5.73 Å². The van der Waals surface area contributed by atoms with Crippen molar-refractivity contribution in [2.75, 3.05) is 13.1 Å². The van der Waals surface area contributed by atoms with Gasteiger partial charge in [-0.05, 0) is 12.1 Å². The van der Waals surface area contributed by atoms with Crippen LogP contribution in [0, 0.1) is 0 Å². The van der Waals surface area contributed by atoms with Crippen molar-refractivity contribution >= 4 is 16.9 Å². The predicted octanol–water partition coefficient (Wildman–Crippen LogP) is 0.954. The van der Waals surface area contributed by atoms with Gasteiger partial charge in [0, 0.05) is 12.4 Å². The van der Waals surface area contributed by atoms with Gasteiger partial charge in [-0.15, -0.1) is 0 Å². The largest absolute Gasteiger partial charge is 0.346 e. The van der Waals surface area contributed by atoms with Crippen LogP contribution >= 0.6 is 0 Å². The number of nitrogens with two attached hydrogens (primary N) is 1. The summed E-state index contributed by atoms with van der Waals surface area (Å²) in [6.07, 6.45) is 2.93. The number of nitrogens with one attached hydrogen (secondary N) is 1. The smallest absolute Gasteiger partial charge is 0.277 e. The van der Waals surface area contributed by atoms with Gasteiger partial charge in [0.2, 0.25) is 0 Å².